The van der Waals surface area contributed by atoms with Crippen LogP contribution in [-0.2, 0) is 4.74 Å². The second-order valence-electron chi connectivity index (χ2n) is 7.09. The molecule has 0 atom stereocenters. The Kier molecular flexibility index (Phi) is 5.62. The molecule has 0 saturated carbocycles. The largest absolute Gasteiger partial charge is 0.478 e. The van der Waals surface area contributed by atoms with Crippen LogP contribution in [0.15, 0.2) is 17.2 Å². The van der Waals surface area contributed by atoms with Crippen LogP contribution in [0.3, 0.4) is 0 Å². The lowest BCUT2D eigenvalue weighted by atomic mass is 10.0. The zero-order chi connectivity index (χ0) is 19.5. The lowest BCUT2D eigenvalue weighted by Gasteiger charge is -2.37. The first-order valence-corrected chi connectivity index (χ1v) is 8.28. The van der Waals surface area contributed by atoms with Gasteiger partial charge in [-0.3, -0.25) is 0 Å². The summed E-state index contributed by atoms with van der Waals surface area (Å²) >= 11 is 0. The second-order valence-corrected chi connectivity index (χ2v) is 7.09. The van der Waals surface area contributed by atoms with Crippen LogP contribution in [-0.4, -0.2) is 53.8 Å². The number of rotatable bonds is 3. The van der Waals surface area contributed by atoms with Crippen LogP contribution >= 0.6 is 0 Å². The maximum atomic E-state index is 12.2. The minimum absolute atomic E-state index is 0.0967. The van der Waals surface area contributed by atoms with Gasteiger partial charge in [0, 0.05) is 42.5 Å². The van der Waals surface area contributed by atoms with Crippen molar-refractivity contribution in [2.24, 2.45) is 5.11 Å². The number of azide groups is 1. The number of ether oxygens (including phenoxy) is 1. The van der Waals surface area contributed by atoms with Gasteiger partial charge in [-0.1, -0.05) is 5.11 Å². The van der Waals surface area contributed by atoms with Crippen LogP contribution < -0.4 is 4.90 Å². The van der Waals surface area contributed by atoms with E-state index in [1.807, 2.05) is 25.7 Å². The second kappa shape index (κ2) is 7.53. The third-order valence-corrected chi connectivity index (χ3v) is 4.03. The first-order chi connectivity index (χ1) is 12.1. The van der Waals surface area contributed by atoms with E-state index in [-0.39, 0.29) is 17.3 Å². The van der Waals surface area contributed by atoms with Crippen molar-refractivity contribution < 1.29 is 19.4 Å². The normalized spacial score (nSPS) is 14.6. The van der Waals surface area contributed by atoms with E-state index in [9.17, 15) is 14.7 Å². The van der Waals surface area contributed by atoms with E-state index in [1.165, 1.54) is 6.07 Å². The number of benzene rings is 1. The summed E-state index contributed by atoms with van der Waals surface area (Å²) in [7, 11) is 0. The molecule has 1 aliphatic heterocycles. The van der Waals surface area contributed by atoms with E-state index in [1.54, 1.807) is 17.9 Å². The number of carbonyl (C=O) groups is 2. The van der Waals surface area contributed by atoms with Gasteiger partial charge in [0.2, 0.25) is 0 Å². The Labute approximate surface area is 151 Å². The first kappa shape index (κ1) is 19.4. The Morgan fingerprint density at radius 3 is 2.35 bits per heavy atom. The maximum absolute atomic E-state index is 12.2. The molecule has 1 N–H and O–H groups in total. The van der Waals surface area contributed by atoms with Crippen molar-refractivity contribution in [3.05, 3.63) is 33.7 Å². The maximum Gasteiger partial charge on any atom is 0.410 e. The topological polar surface area (TPSA) is 119 Å². The number of nitrogens with zero attached hydrogens (tertiary/aromatic N) is 5. The average Bonchev–Trinajstić information content (AvgIpc) is 2.55. The van der Waals surface area contributed by atoms with E-state index in [4.69, 9.17) is 10.3 Å². The molecule has 0 unspecified atom stereocenters. The molecule has 140 valence electrons. The van der Waals surface area contributed by atoms with E-state index in [2.05, 4.69) is 10.0 Å². The van der Waals surface area contributed by atoms with Crippen LogP contribution in [0.1, 0.15) is 36.7 Å². The highest BCUT2D eigenvalue weighted by Gasteiger charge is 2.27. The van der Waals surface area contributed by atoms with Crippen molar-refractivity contribution in [3.63, 3.8) is 0 Å². The number of carbonyl (C=O) groups excluding carboxylic acids is 1. The third kappa shape index (κ3) is 4.58. The van der Waals surface area contributed by atoms with Gasteiger partial charge in [-0.05, 0) is 50.9 Å². The lowest BCUT2D eigenvalue weighted by Crippen LogP contribution is -2.50. The molecule has 0 spiro atoms. The minimum atomic E-state index is -1.08. The highest BCUT2D eigenvalue weighted by molar-refractivity contribution is 5.93. The first-order valence-electron chi connectivity index (χ1n) is 8.28. The molecule has 1 aliphatic rings. The van der Waals surface area contributed by atoms with E-state index >= 15 is 0 Å². The van der Waals surface area contributed by atoms with Crippen LogP contribution in [0, 0.1) is 6.92 Å². The van der Waals surface area contributed by atoms with Crippen molar-refractivity contribution in [1.82, 2.24) is 4.90 Å². The number of hydrogen-bond acceptors (Lipinski definition) is 5. The summed E-state index contributed by atoms with van der Waals surface area (Å²) < 4.78 is 5.38. The molecular weight excluding hydrogens is 338 g/mol. The van der Waals surface area contributed by atoms with Gasteiger partial charge in [0.05, 0.1) is 5.56 Å². The standard InChI is InChI=1S/C17H23N5O4/c1-11-13(15(23)24)9-12(19-20-18)10-14(11)21-5-7-22(8-6-21)16(25)26-17(2,3)4/h9-10H,5-8H2,1-4H3,(H,23,24). The number of carboxylic acids is 1. The summed E-state index contributed by atoms with van der Waals surface area (Å²) in [5.74, 6) is -1.08. The Bertz CT molecular complexity index is 757. The number of amides is 1. The Morgan fingerprint density at radius 2 is 1.85 bits per heavy atom. The molecule has 0 aromatic heterocycles. The SMILES string of the molecule is Cc1c(C(=O)O)cc(N=[N+]=[N-])cc1N1CCN(C(=O)OC(C)(C)C)CC1. The molecule has 0 radical (unpaired) electrons. The van der Waals surface area contributed by atoms with Gasteiger partial charge >= 0.3 is 12.1 Å². The molecule has 1 amide bonds. The summed E-state index contributed by atoms with van der Waals surface area (Å²) in [5.41, 5.74) is 9.73. The van der Waals surface area contributed by atoms with Crippen molar-refractivity contribution >= 4 is 23.4 Å². The van der Waals surface area contributed by atoms with E-state index in [0.717, 1.165) is 0 Å². The zero-order valence-electron chi connectivity index (χ0n) is 15.4. The Morgan fingerprint density at radius 1 is 1.23 bits per heavy atom. The summed E-state index contributed by atoms with van der Waals surface area (Å²) in [6, 6.07) is 3.03. The predicted octanol–water partition coefficient (Wildman–Crippen LogP) is 3.69. The van der Waals surface area contributed by atoms with Gasteiger partial charge in [-0.15, -0.1) is 0 Å². The molecule has 9 nitrogen and oxygen atoms in total. The van der Waals surface area contributed by atoms with Gasteiger partial charge in [0.15, 0.2) is 0 Å². The lowest BCUT2D eigenvalue weighted by molar-refractivity contribution is 0.0240. The number of aromatic carboxylic acids is 1. The molecule has 0 bridgehead atoms. The summed E-state index contributed by atoms with van der Waals surface area (Å²) in [5, 5.41) is 12.9. The number of carboxylic acid groups (broad SMARTS) is 1. The molecule has 9 heteroatoms. The molecule has 1 saturated heterocycles. The fraction of sp³-hybridized carbons (Fsp3) is 0.529. The monoisotopic (exact) mass is 361 g/mol. The smallest absolute Gasteiger partial charge is 0.410 e. The van der Waals surface area contributed by atoms with Crippen molar-refractivity contribution in [3.8, 4) is 0 Å². The van der Waals surface area contributed by atoms with Gasteiger partial charge in [-0.2, -0.15) is 0 Å². The molecule has 1 aromatic rings. The molecular formula is C17H23N5O4. The molecule has 1 aromatic carbocycles. The average molecular weight is 361 g/mol. The number of hydrogen-bond donors (Lipinski definition) is 1. The summed E-state index contributed by atoms with van der Waals surface area (Å²) in [6.45, 7) is 9.15. The van der Waals surface area contributed by atoms with Gasteiger partial charge in [0.25, 0.3) is 0 Å². The predicted molar refractivity (Wildman–Crippen MR) is 97.0 cm³/mol. The highest BCUT2D eigenvalue weighted by Crippen LogP contribution is 2.30. The van der Waals surface area contributed by atoms with E-state index in [0.29, 0.717) is 37.4 Å². The van der Waals surface area contributed by atoms with Gasteiger partial charge in [0.1, 0.15) is 5.60 Å². The Hall–Kier alpha value is -2.93. The fourth-order valence-electron chi connectivity index (χ4n) is 2.80. The van der Waals surface area contributed by atoms with Crippen molar-refractivity contribution in [2.45, 2.75) is 33.3 Å². The van der Waals surface area contributed by atoms with Crippen LogP contribution in [0.5, 0.6) is 0 Å². The molecule has 0 aliphatic carbocycles. The molecule has 2 rings (SSSR count). The molecule has 1 heterocycles. The van der Waals surface area contributed by atoms with E-state index < -0.39 is 11.6 Å². The van der Waals surface area contributed by atoms with Gasteiger partial charge in [-0.25, -0.2) is 9.59 Å². The number of piperazine rings is 1. The summed E-state index contributed by atoms with van der Waals surface area (Å²) in [6.07, 6.45) is -0.358. The number of anilines is 1. The summed E-state index contributed by atoms with van der Waals surface area (Å²) in [4.78, 5) is 30.0. The fourth-order valence-corrected chi connectivity index (χ4v) is 2.80. The Balaban J connectivity index is 2.19. The third-order valence-electron chi connectivity index (χ3n) is 4.03. The quantitative estimate of drug-likeness (QED) is 0.500. The van der Waals surface area contributed by atoms with Gasteiger partial charge < -0.3 is 19.6 Å². The van der Waals surface area contributed by atoms with Crippen LogP contribution in [0.25, 0.3) is 10.4 Å². The minimum Gasteiger partial charge on any atom is -0.478 e. The zero-order valence-corrected chi connectivity index (χ0v) is 15.4. The highest BCUT2D eigenvalue weighted by atomic mass is 16.6. The van der Waals surface area contributed by atoms with Crippen LogP contribution in [0.2, 0.25) is 0 Å². The molecule has 1 fully saturated rings. The van der Waals surface area contributed by atoms with Crippen LogP contribution in [0.4, 0.5) is 16.2 Å². The van der Waals surface area contributed by atoms with Crippen molar-refractivity contribution in [1.29, 1.82) is 0 Å². The van der Waals surface area contributed by atoms with Crippen molar-refractivity contribution in [2.75, 3.05) is 31.1 Å². The molecule has 26 heavy (non-hydrogen) atoms.